The van der Waals surface area contributed by atoms with Crippen molar-refractivity contribution in [1.82, 2.24) is 5.32 Å². The van der Waals surface area contributed by atoms with Gasteiger partial charge in [0.15, 0.2) is 0 Å². The summed E-state index contributed by atoms with van der Waals surface area (Å²) in [6, 6.07) is 16.7. The number of carbonyl (C=O) groups excluding carboxylic acids is 1. The summed E-state index contributed by atoms with van der Waals surface area (Å²) in [6.45, 7) is 0.0593. The molecule has 0 aromatic heterocycles. The second-order valence-corrected chi connectivity index (χ2v) is 11.4. The Morgan fingerprint density at radius 1 is 1.08 bits per heavy atom. The van der Waals surface area contributed by atoms with Gasteiger partial charge in [-0.15, -0.1) is 0 Å². The van der Waals surface area contributed by atoms with E-state index in [9.17, 15) is 22.7 Å². The third kappa shape index (κ3) is 5.78. The lowest BCUT2D eigenvalue weighted by atomic mass is 9.84. The highest BCUT2D eigenvalue weighted by atomic mass is 35.5. The monoisotopic (exact) mass is 560 g/mol. The molecule has 0 saturated carbocycles. The molecule has 2 aliphatic rings. The highest BCUT2D eigenvalue weighted by Crippen LogP contribution is 2.47. The number of amides is 1. The number of hydrogen-bond donors (Lipinski definition) is 3. The van der Waals surface area contributed by atoms with E-state index in [1.807, 2.05) is 12.1 Å². The summed E-state index contributed by atoms with van der Waals surface area (Å²) in [4.78, 5) is 12.6. The van der Waals surface area contributed by atoms with Crippen LogP contribution < -0.4 is 14.8 Å². The van der Waals surface area contributed by atoms with Crippen molar-refractivity contribution < 1.29 is 32.2 Å². The fourth-order valence-corrected chi connectivity index (χ4v) is 6.04. The molecule has 11 heteroatoms. The lowest BCUT2D eigenvalue weighted by Crippen LogP contribution is -2.47. The molecular weight excluding hydrogens is 535 g/mol. The third-order valence-corrected chi connectivity index (χ3v) is 8.34. The first kappa shape index (κ1) is 26.4. The van der Waals surface area contributed by atoms with Crippen molar-refractivity contribution in [3.8, 4) is 5.75 Å². The molecule has 200 valence electrons. The largest absolute Gasteiger partial charge is 0.487 e. The van der Waals surface area contributed by atoms with E-state index in [2.05, 4.69) is 10.0 Å². The molecule has 3 N–H and O–H groups in total. The van der Waals surface area contributed by atoms with Gasteiger partial charge in [0.05, 0.1) is 24.0 Å². The third-order valence-electron chi connectivity index (χ3n) is 6.69. The molecule has 0 aliphatic carbocycles. The zero-order valence-electron chi connectivity index (χ0n) is 20.1. The molecule has 1 amide bonds. The van der Waals surface area contributed by atoms with Crippen molar-refractivity contribution in [2.75, 3.05) is 11.3 Å². The Kier molecular flexibility index (Phi) is 7.58. The topological polar surface area (TPSA) is 114 Å². The molecule has 5 rings (SSSR count). The molecule has 4 atom stereocenters. The molecule has 2 heterocycles. The molecule has 0 spiro atoms. The minimum atomic E-state index is -3.93. The first-order valence-corrected chi connectivity index (χ1v) is 13.9. The summed E-state index contributed by atoms with van der Waals surface area (Å²) in [7, 11) is -3.93. The number of hydrogen-bond acceptors (Lipinski definition) is 6. The van der Waals surface area contributed by atoms with Gasteiger partial charge < -0.3 is 19.9 Å². The minimum Gasteiger partial charge on any atom is -0.487 e. The van der Waals surface area contributed by atoms with E-state index in [0.29, 0.717) is 29.4 Å². The fourth-order valence-electron chi connectivity index (χ4n) is 4.86. The second-order valence-electron chi connectivity index (χ2n) is 9.32. The van der Waals surface area contributed by atoms with Crippen LogP contribution in [0.15, 0.2) is 71.6 Å². The summed E-state index contributed by atoms with van der Waals surface area (Å²) in [6.07, 6.45) is -1.02. The van der Waals surface area contributed by atoms with Crippen LogP contribution >= 0.6 is 11.6 Å². The molecule has 3 aromatic rings. The Morgan fingerprint density at radius 2 is 1.82 bits per heavy atom. The quantitative estimate of drug-likeness (QED) is 0.384. The number of carbonyl (C=O) groups is 1. The molecule has 2 aliphatic heterocycles. The van der Waals surface area contributed by atoms with Crippen molar-refractivity contribution in [3.63, 3.8) is 0 Å². The summed E-state index contributed by atoms with van der Waals surface area (Å²) in [5, 5.41) is 13.5. The number of aliphatic hydroxyl groups is 1. The molecule has 1 saturated heterocycles. The van der Waals surface area contributed by atoms with Crippen LogP contribution in [0.5, 0.6) is 5.75 Å². The van der Waals surface area contributed by atoms with Gasteiger partial charge in [-0.3, -0.25) is 9.52 Å². The van der Waals surface area contributed by atoms with Crippen LogP contribution in [-0.4, -0.2) is 44.4 Å². The standard InChI is InChI=1S/C27H26ClFN2O6S/c28-17-3-1-16(2-4-17)14-30-26(33)13-20-12-23-22-11-19(7-10-24(22)37-27(23)25(15-32)36-20)31-38(34,35)21-8-5-18(29)6-9-21/h1-11,20,23,25,27,31-32H,12-15H2,(H,30,33)/t20-,23+,25-,27-/m1/s1. The van der Waals surface area contributed by atoms with Gasteiger partial charge in [-0.1, -0.05) is 23.7 Å². The Hall–Kier alpha value is -3.18. The molecule has 8 nitrogen and oxygen atoms in total. The van der Waals surface area contributed by atoms with Crippen LogP contribution in [-0.2, 0) is 26.1 Å². The van der Waals surface area contributed by atoms with Gasteiger partial charge in [-0.2, -0.15) is 0 Å². The molecular formula is C27H26ClFN2O6S. The summed E-state index contributed by atoms with van der Waals surface area (Å²) in [5.41, 5.74) is 2.00. The fraction of sp³-hybridized carbons (Fsp3) is 0.296. The Balaban J connectivity index is 1.28. The maximum absolute atomic E-state index is 13.2. The zero-order chi connectivity index (χ0) is 26.9. The van der Waals surface area contributed by atoms with Crippen LogP contribution in [0.2, 0.25) is 5.02 Å². The number of anilines is 1. The van der Waals surface area contributed by atoms with E-state index in [-0.39, 0.29) is 29.7 Å². The predicted octanol–water partition coefficient (Wildman–Crippen LogP) is 3.98. The lowest BCUT2D eigenvalue weighted by Gasteiger charge is -2.37. The van der Waals surface area contributed by atoms with Crippen molar-refractivity contribution >= 4 is 33.2 Å². The summed E-state index contributed by atoms with van der Waals surface area (Å²) in [5.74, 6) is -0.365. The number of ether oxygens (including phenoxy) is 2. The van der Waals surface area contributed by atoms with E-state index in [1.54, 1.807) is 30.3 Å². The van der Waals surface area contributed by atoms with E-state index >= 15 is 0 Å². The smallest absolute Gasteiger partial charge is 0.261 e. The number of rotatable bonds is 8. The number of aliphatic hydroxyl groups excluding tert-OH is 1. The van der Waals surface area contributed by atoms with Gasteiger partial charge in [0, 0.05) is 28.7 Å². The summed E-state index contributed by atoms with van der Waals surface area (Å²) >= 11 is 5.90. The van der Waals surface area contributed by atoms with E-state index in [4.69, 9.17) is 21.1 Å². The molecule has 1 fully saturated rings. The maximum Gasteiger partial charge on any atom is 0.261 e. The van der Waals surface area contributed by atoms with E-state index < -0.39 is 34.2 Å². The van der Waals surface area contributed by atoms with Crippen molar-refractivity contribution in [1.29, 1.82) is 0 Å². The van der Waals surface area contributed by atoms with Crippen molar-refractivity contribution in [2.24, 2.45) is 0 Å². The van der Waals surface area contributed by atoms with Gasteiger partial charge in [0.2, 0.25) is 5.91 Å². The number of fused-ring (bicyclic) bond motifs is 3. The predicted molar refractivity (Wildman–Crippen MR) is 139 cm³/mol. The van der Waals surface area contributed by atoms with Crippen LogP contribution in [0, 0.1) is 5.82 Å². The number of sulfonamides is 1. The number of nitrogens with one attached hydrogen (secondary N) is 2. The number of benzene rings is 3. The van der Waals surface area contributed by atoms with Crippen LogP contribution in [0.25, 0.3) is 0 Å². The highest BCUT2D eigenvalue weighted by molar-refractivity contribution is 7.92. The van der Waals surface area contributed by atoms with E-state index in [1.165, 1.54) is 12.1 Å². The summed E-state index contributed by atoms with van der Waals surface area (Å²) < 4.78 is 53.4. The molecule has 3 aromatic carbocycles. The average Bonchev–Trinajstić information content (AvgIpc) is 3.26. The average molecular weight is 561 g/mol. The molecule has 0 unspecified atom stereocenters. The van der Waals surface area contributed by atoms with Crippen molar-refractivity contribution in [2.45, 2.75) is 48.5 Å². The van der Waals surface area contributed by atoms with Gasteiger partial charge in [0.25, 0.3) is 10.0 Å². The van der Waals surface area contributed by atoms with Gasteiger partial charge in [-0.25, -0.2) is 12.8 Å². The minimum absolute atomic E-state index is 0.0652. The van der Waals surface area contributed by atoms with Gasteiger partial charge >= 0.3 is 0 Å². The van der Waals surface area contributed by atoms with Crippen LogP contribution in [0.3, 0.4) is 0 Å². The molecule has 0 radical (unpaired) electrons. The number of halogens is 2. The molecule has 0 bridgehead atoms. The molecule has 38 heavy (non-hydrogen) atoms. The normalized spacial score (nSPS) is 22.2. The first-order valence-electron chi connectivity index (χ1n) is 12.1. The zero-order valence-corrected chi connectivity index (χ0v) is 21.7. The maximum atomic E-state index is 13.2. The SMILES string of the molecule is O=C(C[C@H]1C[C@H]2c3cc(NS(=O)(=O)c4ccc(F)cc4)ccc3O[C@H]2[C@@H](CO)O1)NCc1ccc(Cl)cc1. The Labute approximate surface area is 224 Å². The van der Waals surface area contributed by atoms with Crippen molar-refractivity contribution in [3.05, 3.63) is 88.7 Å². The first-order chi connectivity index (χ1) is 18.2. The van der Waals surface area contributed by atoms with Gasteiger partial charge in [0.1, 0.15) is 23.8 Å². The van der Waals surface area contributed by atoms with Crippen LogP contribution in [0.4, 0.5) is 10.1 Å². The van der Waals surface area contributed by atoms with E-state index in [0.717, 1.165) is 23.3 Å². The van der Waals surface area contributed by atoms with Gasteiger partial charge in [-0.05, 0) is 66.6 Å². The lowest BCUT2D eigenvalue weighted by molar-refractivity contribution is -0.142. The second kappa shape index (κ2) is 10.9. The van der Waals surface area contributed by atoms with Crippen LogP contribution in [0.1, 0.15) is 29.9 Å². The highest BCUT2D eigenvalue weighted by Gasteiger charge is 2.46. The Morgan fingerprint density at radius 3 is 2.53 bits per heavy atom. The Bertz CT molecular complexity index is 1420.